The van der Waals surface area contributed by atoms with Crippen molar-refractivity contribution in [3.63, 3.8) is 0 Å². The lowest BCUT2D eigenvalue weighted by atomic mass is 10.2. The van der Waals surface area contributed by atoms with Crippen molar-refractivity contribution in [1.29, 1.82) is 0 Å². The van der Waals surface area contributed by atoms with Crippen LogP contribution in [0.15, 0.2) is 46.9 Å². The Morgan fingerprint density at radius 3 is 2.72 bits per heavy atom. The molecule has 0 amide bonds. The third kappa shape index (κ3) is 4.62. The summed E-state index contributed by atoms with van der Waals surface area (Å²) in [5, 5.41) is 21.6. The Morgan fingerprint density at radius 1 is 1.24 bits per heavy atom. The van der Waals surface area contributed by atoms with Crippen molar-refractivity contribution in [3.05, 3.63) is 47.3 Å². The van der Waals surface area contributed by atoms with Crippen molar-refractivity contribution in [3.8, 4) is 16.5 Å². The summed E-state index contributed by atoms with van der Waals surface area (Å²) in [7, 11) is 0. The van der Waals surface area contributed by atoms with E-state index in [4.69, 9.17) is 4.74 Å². The van der Waals surface area contributed by atoms with Crippen LogP contribution in [0.4, 0.5) is 0 Å². The maximum Gasteiger partial charge on any atom is 0.191 e. The molecule has 0 saturated heterocycles. The maximum absolute atomic E-state index is 10.2. The molecule has 7 heteroatoms. The lowest BCUT2D eigenvalue weighted by molar-refractivity contribution is 0.126. The van der Waals surface area contributed by atoms with E-state index in [1.54, 1.807) is 11.3 Å². The SMILES string of the molecule is CCn1c(SC[C@@H](O)COc2ccc(C)cc2)nnc1-c1cccs1. The molecule has 2 heterocycles. The topological polar surface area (TPSA) is 60.2 Å². The van der Waals surface area contributed by atoms with Gasteiger partial charge in [-0.2, -0.15) is 0 Å². The first-order valence-corrected chi connectivity index (χ1v) is 10.0. The minimum absolute atomic E-state index is 0.258. The van der Waals surface area contributed by atoms with Crippen molar-refractivity contribution in [2.75, 3.05) is 12.4 Å². The van der Waals surface area contributed by atoms with E-state index < -0.39 is 6.10 Å². The molecule has 3 rings (SSSR count). The second-order valence-corrected chi connectivity index (χ2v) is 7.55. The van der Waals surface area contributed by atoms with Crippen LogP contribution in [0.5, 0.6) is 5.75 Å². The summed E-state index contributed by atoms with van der Waals surface area (Å²) >= 11 is 3.15. The van der Waals surface area contributed by atoms with Gasteiger partial charge in [-0.3, -0.25) is 0 Å². The normalized spacial score (nSPS) is 12.3. The molecule has 25 heavy (non-hydrogen) atoms. The van der Waals surface area contributed by atoms with E-state index in [1.807, 2.05) is 48.7 Å². The summed E-state index contributed by atoms with van der Waals surface area (Å²) in [5.41, 5.74) is 1.18. The number of aliphatic hydroxyl groups excluding tert-OH is 1. The number of aromatic nitrogens is 3. The van der Waals surface area contributed by atoms with Crippen molar-refractivity contribution in [2.45, 2.75) is 31.7 Å². The predicted molar refractivity (Wildman–Crippen MR) is 102 cm³/mol. The molecule has 0 aliphatic heterocycles. The van der Waals surface area contributed by atoms with Crippen LogP contribution in [0, 0.1) is 6.92 Å². The maximum atomic E-state index is 10.2. The van der Waals surface area contributed by atoms with Gasteiger partial charge >= 0.3 is 0 Å². The summed E-state index contributed by atoms with van der Waals surface area (Å²) in [6.45, 7) is 5.15. The third-order valence-electron chi connectivity index (χ3n) is 3.64. The average molecular weight is 376 g/mol. The number of hydrogen-bond donors (Lipinski definition) is 1. The molecule has 0 radical (unpaired) electrons. The molecule has 0 aliphatic rings. The summed E-state index contributed by atoms with van der Waals surface area (Å²) in [6.07, 6.45) is -0.571. The van der Waals surface area contributed by atoms with Crippen molar-refractivity contribution < 1.29 is 9.84 Å². The fraction of sp³-hybridized carbons (Fsp3) is 0.333. The van der Waals surface area contributed by atoms with Gasteiger partial charge in [0.2, 0.25) is 0 Å². The van der Waals surface area contributed by atoms with E-state index in [1.165, 1.54) is 17.3 Å². The largest absolute Gasteiger partial charge is 0.491 e. The van der Waals surface area contributed by atoms with Gasteiger partial charge in [0.05, 0.1) is 11.0 Å². The zero-order valence-corrected chi connectivity index (χ0v) is 15.9. The molecular weight excluding hydrogens is 354 g/mol. The first-order chi connectivity index (χ1) is 12.2. The van der Waals surface area contributed by atoms with E-state index >= 15 is 0 Å². The molecule has 132 valence electrons. The minimum atomic E-state index is -0.571. The number of rotatable bonds is 8. The molecule has 0 bridgehead atoms. The molecule has 1 aromatic carbocycles. The zero-order valence-electron chi connectivity index (χ0n) is 14.3. The van der Waals surface area contributed by atoms with Crippen molar-refractivity contribution >= 4 is 23.1 Å². The zero-order chi connectivity index (χ0) is 17.6. The lowest BCUT2D eigenvalue weighted by Gasteiger charge is -2.12. The highest BCUT2D eigenvalue weighted by Crippen LogP contribution is 2.27. The Hall–Kier alpha value is -1.83. The molecule has 2 aromatic heterocycles. The number of ether oxygens (including phenoxy) is 1. The smallest absolute Gasteiger partial charge is 0.191 e. The number of aryl methyl sites for hydroxylation is 1. The van der Waals surface area contributed by atoms with E-state index in [0.717, 1.165) is 28.2 Å². The van der Waals surface area contributed by atoms with Gasteiger partial charge in [0.1, 0.15) is 12.4 Å². The molecule has 3 aromatic rings. The van der Waals surface area contributed by atoms with Gasteiger partial charge in [-0.05, 0) is 37.4 Å². The van der Waals surface area contributed by atoms with Crippen LogP contribution in [0.25, 0.3) is 10.7 Å². The summed E-state index contributed by atoms with van der Waals surface area (Å²) in [4.78, 5) is 1.10. The standard InChI is InChI=1S/C18H21N3O2S2/c1-3-21-17(16-5-4-10-24-16)19-20-18(21)25-12-14(22)11-23-15-8-6-13(2)7-9-15/h4-10,14,22H,3,11-12H2,1-2H3/t14-/m0/s1. The van der Waals surface area contributed by atoms with Crippen LogP contribution < -0.4 is 4.74 Å². The molecule has 0 saturated carbocycles. The first kappa shape index (κ1) is 18.0. The summed E-state index contributed by atoms with van der Waals surface area (Å²) in [6, 6.07) is 11.9. The third-order valence-corrected chi connectivity index (χ3v) is 5.62. The molecule has 1 atom stereocenters. The Morgan fingerprint density at radius 2 is 2.04 bits per heavy atom. The van der Waals surface area contributed by atoms with Gasteiger partial charge in [-0.15, -0.1) is 21.5 Å². The second kappa shape index (κ2) is 8.51. The van der Waals surface area contributed by atoms with Gasteiger partial charge in [0.15, 0.2) is 11.0 Å². The number of thiophene rings is 1. The summed E-state index contributed by atoms with van der Waals surface area (Å²) < 4.78 is 7.70. The fourth-order valence-electron chi connectivity index (χ4n) is 2.31. The van der Waals surface area contributed by atoms with Crippen LogP contribution in [0.1, 0.15) is 12.5 Å². The van der Waals surface area contributed by atoms with Crippen LogP contribution in [0.2, 0.25) is 0 Å². The van der Waals surface area contributed by atoms with Gasteiger partial charge < -0.3 is 14.4 Å². The molecule has 0 fully saturated rings. The van der Waals surface area contributed by atoms with E-state index in [9.17, 15) is 5.11 Å². The Balaban J connectivity index is 1.55. The van der Waals surface area contributed by atoms with Gasteiger partial charge in [0.25, 0.3) is 0 Å². The highest BCUT2D eigenvalue weighted by molar-refractivity contribution is 7.99. The van der Waals surface area contributed by atoms with Crippen molar-refractivity contribution in [2.24, 2.45) is 0 Å². The van der Waals surface area contributed by atoms with Crippen LogP contribution >= 0.6 is 23.1 Å². The molecule has 0 aliphatic carbocycles. The highest BCUT2D eigenvalue weighted by atomic mass is 32.2. The van der Waals surface area contributed by atoms with Gasteiger partial charge in [-0.1, -0.05) is 35.5 Å². The molecule has 5 nitrogen and oxygen atoms in total. The minimum Gasteiger partial charge on any atom is -0.491 e. The van der Waals surface area contributed by atoms with Gasteiger partial charge in [-0.25, -0.2) is 0 Å². The monoisotopic (exact) mass is 375 g/mol. The van der Waals surface area contributed by atoms with E-state index in [2.05, 4.69) is 21.7 Å². The second-order valence-electron chi connectivity index (χ2n) is 5.62. The van der Waals surface area contributed by atoms with E-state index in [0.29, 0.717) is 5.75 Å². The Bertz CT molecular complexity index is 785. The van der Waals surface area contributed by atoms with Crippen molar-refractivity contribution in [1.82, 2.24) is 14.8 Å². The Labute approximate surface area is 155 Å². The van der Waals surface area contributed by atoms with E-state index in [-0.39, 0.29) is 6.61 Å². The number of benzene rings is 1. The number of aliphatic hydroxyl groups is 1. The lowest BCUT2D eigenvalue weighted by Crippen LogP contribution is -2.20. The molecule has 1 N–H and O–H groups in total. The molecule has 0 spiro atoms. The molecule has 0 unspecified atom stereocenters. The van der Waals surface area contributed by atoms with Gasteiger partial charge in [0, 0.05) is 12.3 Å². The fourth-order valence-corrected chi connectivity index (χ4v) is 3.94. The quantitative estimate of drug-likeness (QED) is 0.606. The number of nitrogens with zero attached hydrogens (tertiary/aromatic N) is 3. The van der Waals surface area contributed by atoms with Crippen LogP contribution in [0.3, 0.4) is 0 Å². The highest BCUT2D eigenvalue weighted by Gasteiger charge is 2.15. The number of thioether (sulfide) groups is 1. The first-order valence-electron chi connectivity index (χ1n) is 8.14. The number of hydrogen-bond acceptors (Lipinski definition) is 6. The van der Waals surface area contributed by atoms with Crippen LogP contribution in [-0.2, 0) is 6.54 Å². The predicted octanol–water partition coefficient (Wildman–Crippen LogP) is 3.87. The Kier molecular flexibility index (Phi) is 6.12. The summed E-state index contributed by atoms with van der Waals surface area (Å²) in [5.74, 6) is 2.16. The molecular formula is C18H21N3O2S2. The van der Waals surface area contributed by atoms with Crippen LogP contribution in [-0.4, -0.2) is 38.3 Å². The average Bonchev–Trinajstić information content (AvgIpc) is 3.28.